The molecule has 1 aromatic carbocycles. The molecule has 2 aromatic rings. The van der Waals surface area contributed by atoms with E-state index in [1.165, 1.54) is 0 Å². The van der Waals surface area contributed by atoms with Crippen molar-refractivity contribution in [2.24, 2.45) is 0 Å². The van der Waals surface area contributed by atoms with E-state index in [0.717, 1.165) is 37.2 Å². The lowest BCUT2D eigenvalue weighted by Gasteiger charge is -2.22. The van der Waals surface area contributed by atoms with E-state index < -0.39 is 0 Å². The highest BCUT2D eigenvalue weighted by molar-refractivity contribution is 5.91. The highest BCUT2D eigenvalue weighted by Crippen LogP contribution is 2.32. The van der Waals surface area contributed by atoms with Crippen LogP contribution in [0, 0.1) is 0 Å². The molecule has 4 rings (SSSR count). The maximum absolute atomic E-state index is 13.1. The summed E-state index contributed by atoms with van der Waals surface area (Å²) in [7, 11) is 1.62. The summed E-state index contributed by atoms with van der Waals surface area (Å²) < 4.78 is 17.8. The van der Waals surface area contributed by atoms with Gasteiger partial charge in [0.05, 0.1) is 18.8 Å². The standard InChI is InChI=1S/C19H25N5O4/c1-26-9-8-23(11-14-2-3-17-18(10-14)28-13-27-17)19(25)16-12-24(22-21-16)15-4-6-20-7-5-15/h2-3,10,12,15,20H,4-9,11,13H2,1H3. The molecule has 0 saturated carbocycles. The number of benzene rings is 1. The average molecular weight is 387 g/mol. The molecule has 0 bridgehead atoms. The van der Waals surface area contributed by atoms with Crippen LogP contribution in [0.3, 0.4) is 0 Å². The summed E-state index contributed by atoms with van der Waals surface area (Å²) in [6.45, 7) is 3.47. The molecule has 0 unspecified atom stereocenters. The van der Waals surface area contributed by atoms with Crippen LogP contribution in [-0.2, 0) is 11.3 Å². The molecule has 1 saturated heterocycles. The first kappa shape index (κ1) is 18.7. The second-order valence-electron chi connectivity index (χ2n) is 6.97. The monoisotopic (exact) mass is 387 g/mol. The van der Waals surface area contributed by atoms with Gasteiger partial charge in [0.15, 0.2) is 17.2 Å². The largest absolute Gasteiger partial charge is 0.454 e. The first-order valence-electron chi connectivity index (χ1n) is 9.54. The lowest BCUT2D eigenvalue weighted by atomic mass is 10.1. The quantitative estimate of drug-likeness (QED) is 0.764. The van der Waals surface area contributed by atoms with Crippen molar-refractivity contribution in [1.29, 1.82) is 0 Å². The third-order valence-corrected chi connectivity index (χ3v) is 5.08. The van der Waals surface area contributed by atoms with Crippen LogP contribution >= 0.6 is 0 Å². The van der Waals surface area contributed by atoms with Gasteiger partial charge in [-0.15, -0.1) is 5.10 Å². The lowest BCUT2D eigenvalue weighted by molar-refractivity contribution is 0.0674. The molecule has 150 valence electrons. The second kappa shape index (κ2) is 8.57. The number of nitrogens with one attached hydrogen (secondary N) is 1. The minimum Gasteiger partial charge on any atom is -0.454 e. The number of ether oxygens (including phenoxy) is 3. The predicted molar refractivity (Wildman–Crippen MR) is 100 cm³/mol. The van der Waals surface area contributed by atoms with E-state index in [1.54, 1.807) is 18.2 Å². The van der Waals surface area contributed by atoms with Gasteiger partial charge >= 0.3 is 0 Å². The molecular formula is C19H25N5O4. The highest BCUT2D eigenvalue weighted by Gasteiger charge is 2.23. The number of aromatic nitrogens is 3. The second-order valence-corrected chi connectivity index (χ2v) is 6.97. The summed E-state index contributed by atoms with van der Waals surface area (Å²) >= 11 is 0. The zero-order chi connectivity index (χ0) is 19.3. The Balaban J connectivity index is 1.48. The Hall–Kier alpha value is -2.65. The Morgan fingerprint density at radius 3 is 2.96 bits per heavy atom. The van der Waals surface area contributed by atoms with Gasteiger partial charge in [0.2, 0.25) is 6.79 Å². The minimum atomic E-state index is -0.157. The minimum absolute atomic E-state index is 0.157. The number of nitrogens with zero attached hydrogens (tertiary/aromatic N) is 4. The van der Waals surface area contributed by atoms with Crippen LogP contribution in [0.4, 0.5) is 0 Å². The number of fused-ring (bicyclic) bond motifs is 1. The molecule has 0 aliphatic carbocycles. The van der Waals surface area contributed by atoms with Crippen molar-refractivity contribution >= 4 is 5.91 Å². The number of rotatable bonds is 7. The maximum atomic E-state index is 13.1. The lowest BCUT2D eigenvalue weighted by Crippen LogP contribution is -2.33. The molecule has 2 aliphatic rings. The molecule has 1 fully saturated rings. The zero-order valence-corrected chi connectivity index (χ0v) is 16.0. The molecule has 9 heteroatoms. The van der Waals surface area contributed by atoms with Gasteiger partial charge < -0.3 is 24.4 Å². The van der Waals surface area contributed by atoms with Crippen molar-refractivity contribution in [3.05, 3.63) is 35.7 Å². The van der Waals surface area contributed by atoms with Crippen LogP contribution in [0.5, 0.6) is 11.5 Å². The van der Waals surface area contributed by atoms with E-state index in [2.05, 4.69) is 15.6 Å². The Kier molecular flexibility index (Phi) is 5.73. The Morgan fingerprint density at radius 1 is 1.32 bits per heavy atom. The van der Waals surface area contributed by atoms with Gasteiger partial charge in [0.25, 0.3) is 5.91 Å². The molecule has 1 N–H and O–H groups in total. The summed E-state index contributed by atoms with van der Waals surface area (Å²) in [5.41, 5.74) is 1.31. The van der Waals surface area contributed by atoms with Gasteiger partial charge in [-0.3, -0.25) is 4.79 Å². The predicted octanol–water partition coefficient (Wildman–Crippen LogP) is 1.22. The van der Waals surface area contributed by atoms with Crippen LogP contribution in [0.25, 0.3) is 0 Å². The van der Waals surface area contributed by atoms with Gasteiger partial charge in [-0.25, -0.2) is 4.68 Å². The molecule has 2 aliphatic heterocycles. The maximum Gasteiger partial charge on any atom is 0.276 e. The molecule has 0 radical (unpaired) electrons. The first-order valence-corrected chi connectivity index (χ1v) is 9.54. The fourth-order valence-electron chi connectivity index (χ4n) is 3.50. The van der Waals surface area contributed by atoms with Crippen molar-refractivity contribution in [1.82, 2.24) is 25.2 Å². The number of carbonyl (C=O) groups excluding carboxylic acids is 1. The van der Waals surface area contributed by atoms with Crippen LogP contribution in [0.15, 0.2) is 24.4 Å². The van der Waals surface area contributed by atoms with Gasteiger partial charge in [0, 0.05) is 20.2 Å². The van der Waals surface area contributed by atoms with Gasteiger partial charge in [-0.1, -0.05) is 11.3 Å². The van der Waals surface area contributed by atoms with Crippen LogP contribution < -0.4 is 14.8 Å². The van der Waals surface area contributed by atoms with E-state index in [4.69, 9.17) is 14.2 Å². The van der Waals surface area contributed by atoms with Crippen LogP contribution in [0.2, 0.25) is 0 Å². The number of hydrogen-bond donors (Lipinski definition) is 1. The van der Waals surface area contributed by atoms with E-state index >= 15 is 0 Å². The SMILES string of the molecule is COCCN(Cc1ccc2c(c1)OCO2)C(=O)c1cn(C2CCNCC2)nn1. The third-order valence-electron chi connectivity index (χ3n) is 5.08. The smallest absolute Gasteiger partial charge is 0.276 e. The fraction of sp³-hybridized carbons (Fsp3) is 0.526. The van der Waals surface area contributed by atoms with Crippen molar-refractivity contribution in [3.63, 3.8) is 0 Å². The summed E-state index contributed by atoms with van der Waals surface area (Å²) in [6, 6.07) is 5.99. The molecule has 28 heavy (non-hydrogen) atoms. The molecular weight excluding hydrogens is 362 g/mol. The molecule has 3 heterocycles. The number of hydrogen-bond acceptors (Lipinski definition) is 7. The van der Waals surface area contributed by atoms with Gasteiger partial charge in [-0.05, 0) is 43.6 Å². The van der Waals surface area contributed by atoms with Crippen molar-refractivity contribution in [3.8, 4) is 11.5 Å². The summed E-state index contributed by atoms with van der Waals surface area (Å²) in [5.74, 6) is 1.27. The molecule has 1 aromatic heterocycles. The van der Waals surface area contributed by atoms with E-state index in [0.29, 0.717) is 31.1 Å². The number of methoxy groups -OCH3 is 1. The van der Waals surface area contributed by atoms with E-state index in [9.17, 15) is 4.79 Å². The summed E-state index contributed by atoms with van der Waals surface area (Å²) in [6.07, 6.45) is 3.74. The zero-order valence-electron chi connectivity index (χ0n) is 16.0. The molecule has 1 amide bonds. The summed E-state index contributed by atoms with van der Waals surface area (Å²) in [4.78, 5) is 14.8. The molecule has 0 spiro atoms. The Bertz CT molecular complexity index is 818. The summed E-state index contributed by atoms with van der Waals surface area (Å²) in [5, 5.41) is 11.7. The Labute approximate surface area is 163 Å². The number of carbonyl (C=O) groups is 1. The highest BCUT2D eigenvalue weighted by atomic mass is 16.7. The van der Waals surface area contributed by atoms with Crippen molar-refractivity contribution in [2.75, 3.05) is 40.1 Å². The van der Waals surface area contributed by atoms with Crippen LogP contribution in [0.1, 0.15) is 34.9 Å². The Morgan fingerprint density at radius 2 is 2.14 bits per heavy atom. The van der Waals surface area contributed by atoms with Gasteiger partial charge in [0.1, 0.15) is 0 Å². The van der Waals surface area contributed by atoms with Crippen LogP contribution in [-0.4, -0.2) is 65.9 Å². The molecule has 0 atom stereocenters. The average Bonchev–Trinajstić information content (AvgIpc) is 3.40. The number of amides is 1. The third kappa shape index (κ3) is 4.10. The van der Waals surface area contributed by atoms with Gasteiger partial charge in [-0.2, -0.15) is 0 Å². The fourth-order valence-corrected chi connectivity index (χ4v) is 3.50. The van der Waals surface area contributed by atoms with Crippen molar-refractivity contribution < 1.29 is 19.0 Å². The topological polar surface area (TPSA) is 90.7 Å². The van der Waals surface area contributed by atoms with E-state index in [1.807, 2.05) is 22.9 Å². The first-order chi connectivity index (χ1) is 13.7. The van der Waals surface area contributed by atoms with E-state index in [-0.39, 0.29) is 18.7 Å². The normalized spacial score (nSPS) is 16.3. The van der Waals surface area contributed by atoms with Crippen molar-refractivity contribution in [2.45, 2.75) is 25.4 Å². The number of piperidine rings is 1. The molecule has 9 nitrogen and oxygen atoms in total.